The van der Waals surface area contributed by atoms with Crippen molar-refractivity contribution in [3.63, 3.8) is 0 Å². The topological polar surface area (TPSA) is 74.2 Å². The van der Waals surface area contributed by atoms with E-state index in [2.05, 4.69) is 29.7 Å². The van der Waals surface area contributed by atoms with Gasteiger partial charge in [-0.05, 0) is 13.0 Å². The minimum absolute atomic E-state index is 0.796. The first-order chi connectivity index (χ1) is 12.6. The molecule has 0 aromatic carbocycles. The Hall–Kier alpha value is -3.03. The van der Waals surface area contributed by atoms with Crippen molar-refractivity contribution >= 4 is 28.5 Å². The van der Waals surface area contributed by atoms with Crippen molar-refractivity contribution in [1.82, 2.24) is 24.9 Å². The van der Waals surface area contributed by atoms with E-state index in [0.29, 0.717) is 0 Å². The first-order valence-corrected chi connectivity index (χ1v) is 8.69. The van der Waals surface area contributed by atoms with Crippen molar-refractivity contribution in [3.8, 4) is 0 Å². The Morgan fingerprint density at radius 2 is 1.77 bits per heavy atom. The third-order valence-electron chi connectivity index (χ3n) is 4.57. The first-order valence-electron chi connectivity index (χ1n) is 8.69. The zero-order valence-electron chi connectivity index (χ0n) is 15.3. The number of hydrogen-bond acceptors (Lipinski definition) is 8. The van der Waals surface area contributed by atoms with Crippen LogP contribution >= 0.6 is 0 Å². The Bertz CT molecular complexity index is 913. The maximum atomic E-state index is 4.69. The number of rotatable bonds is 3. The maximum absolute atomic E-state index is 4.69. The van der Waals surface area contributed by atoms with Crippen LogP contribution in [0.2, 0.25) is 0 Å². The molecule has 0 unspecified atom stereocenters. The van der Waals surface area contributed by atoms with E-state index in [-0.39, 0.29) is 0 Å². The van der Waals surface area contributed by atoms with E-state index in [0.717, 1.165) is 60.4 Å². The molecule has 0 amide bonds. The fraction of sp³-hybridized carbons (Fsp3) is 0.389. The molecule has 0 N–H and O–H groups in total. The largest absolute Gasteiger partial charge is 0.363 e. The van der Waals surface area contributed by atoms with Gasteiger partial charge >= 0.3 is 0 Å². The normalized spacial score (nSPS) is 14.7. The van der Waals surface area contributed by atoms with Gasteiger partial charge in [-0.3, -0.25) is 4.98 Å². The number of piperazine rings is 1. The van der Waals surface area contributed by atoms with Crippen molar-refractivity contribution in [3.05, 3.63) is 36.5 Å². The Morgan fingerprint density at radius 1 is 1.00 bits per heavy atom. The SMILES string of the molecule is Cc1cc(N(C)C)nc(N2CCN(c3ncnc4cnccc34)CC2)n1. The fourth-order valence-corrected chi connectivity index (χ4v) is 3.17. The summed E-state index contributed by atoms with van der Waals surface area (Å²) in [5.41, 5.74) is 1.85. The third-order valence-corrected chi connectivity index (χ3v) is 4.57. The van der Waals surface area contributed by atoms with Crippen molar-refractivity contribution in [1.29, 1.82) is 0 Å². The molecule has 26 heavy (non-hydrogen) atoms. The van der Waals surface area contributed by atoms with Gasteiger partial charge in [0.1, 0.15) is 18.0 Å². The van der Waals surface area contributed by atoms with E-state index in [9.17, 15) is 0 Å². The van der Waals surface area contributed by atoms with Gasteiger partial charge in [0.05, 0.1) is 11.7 Å². The molecule has 0 atom stereocenters. The van der Waals surface area contributed by atoms with Gasteiger partial charge in [0.15, 0.2) is 0 Å². The second-order valence-corrected chi connectivity index (χ2v) is 6.63. The van der Waals surface area contributed by atoms with Crippen LogP contribution in [0.5, 0.6) is 0 Å². The van der Waals surface area contributed by atoms with Crippen molar-refractivity contribution in [2.45, 2.75) is 6.92 Å². The molecule has 0 spiro atoms. The summed E-state index contributed by atoms with van der Waals surface area (Å²) < 4.78 is 0. The van der Waals surface area contributed by atoms with Gasteiger partial charge in [0.25, 0.3) is 0 Å². The summed E-state index contributed by atoms with van der Waals surface area (Å²) in [4.78, 5) is 28.8. The van der Waals surface area contributed by atoms with Crippen molar-refractivity contribution < 1.29 is 0 Å². The number of aromatic nitrogens is 5. The van der Waals surface area contributed by atoms with Crippen LogP contribution in [0.25, 0.3) is 10.9 Å². The minimum Gasteiger partial charge on any atom is -0.363 e. The summed E-state index contributed by atoms with van der Waals surface area (Å²) in [6, 6.07) is 3.98. The number of anilines is 3. The third kappa shape index (κ3) is 3.10. The van der Waals surface area contributed by atoms with E-state index in [4.69, 9.17) is 4.98 Å². The van der Waals surface area contributed by atoms with Gasteiger partial charge in [-0.2, -0.15) is 4.98 Å². The van der Waals surface area contributed by atoms with Crippen LogP contribution in [0.1, 0.15) is 5.69 Å². The summed E-state index contributed by atoms with van der Waals surface area (Å²) in [5.74, 6) is 2.70. The highest BCUT2D eigenvalue weighted by Crippen LogP contribution is 2.24. The molecule has 4 rings (SSSR count). The van der Waals surface area contributed by atoms with Gasteiger partial charge < -0.3 is 14.7 Å². The van der Waals surface area contributed by atoms with E-state index < -0.39 is 0 Å². The average molecular weight is 350 g/mol. The Labute approximate surface area is 152 Å². The molecular formula is C18H22N8. The molecule has 8 heteroatoms. The van der Waals surface area contributed by atoms with Crippen LogP contribution in [0.4, 0.5) is 17.6 Å². The van der Waals surface area contributed by atoms with E-state index >= 15 is 0 Å². The lowest BCUT2D eigenvalue weighted by Gasteiger charge is -2.36. The Kier molecular flexibility index (Phi) is 4.24. The molecule has 0 aliphatic carbocycles. The van der Waals surface area contributed by atoms with Gasteiger partial charge in [-0.15, -0.1) is 0 Å². The Balaban J connectivity index is 1.54. The molecule has 0 saturated carbocycles. The van der Waals surface area contributed by atoms with Gasteiger partial charge in [0, 0.05) is 63.6 Å². The molecule has 1 aliphatic heterocycles. The van der Waals surface area contributed by atoms with Gasteiger partial charge in [-0.1, -0.05) is 0 Å². The van der Waals surface area contributed by atoms with Gasteiger partial charge in [-0.25, -0.2) is 15.0 Å². The molecule has 3 aromatic heterocycles. The van der Waals surface area contributed by atoms with Crippen LogP contribution in [0, 0.1) is 6.92 Å². The van der Waals surface area contributed by atoms with Crippen LogP contribution in [-0.2, 0) is 0 Å². The van der Waals surface area contributed by atoms with E-state index in [1.54, 1.807) is 18.7 Å². The number of nitrogens with zero attached hydrogens (tertiary/aromatic N) is 8. The van der Waals surface area contributed by atoms with Crippen LogP contribution in [-0.4, -0.2) is 65.2 Å². The highest BCUT2D eigenvalue weighted by atomic mass is 15.3. The van der Waals surface area contributed by atoms with Crippen LogP contribution < -0.4 is 14.7 Å². The minimum atomic E-state index is 0.796. The molecule has 3 aromatic rings. The maximum Gasteiger partial charge on any atom is 0.227 e. The number of hydrogen-bond donors (Lipinski definition) is 0. The van der Waals surface area contributed by atoms with Crippen LogP contribution in [0.15, 0.2) is 30.9 Å². The standard InChI is InChI=1S/C18H22N8/c1-13-10-16(24(2)3)23-18(22-13)26-8-6-25(7-9-26)17-14-4-5-19-11-15(14)20-12-21-17/h4-5,10-12H,6-9H2,1-3H3. The molecule has 134 valence electrons. The van der Waals surface area contributed by atoms with Crippen LogP contribution in [0.3, 0.4) is 0 Å². The molecule has 1 fully saturated rings. The predicted molar refractivity (Wildman–Crippen MR) is 103 cm³/mol. The highest BCUT2D eigenvalue weighted by Gasteiger charge is 2.22. The molecule has 0 bridgehead atoms. The molecule has 1 aliphatic rings. The molecular weight excluding hydrogens is 328 g/mol. The summed E-state index contributed by atoms with van der Waals surface area (Å²) >= 11 is 0. The first kappa shape index (κ1) is 16.4. The van der Waals surface area contributed by atoms with Crippen molar-refractivity contribution in [2.75, 3.05) is 55.0 Å². The number of fused-ring (bicyclic) bond motifs is 1. The second-order valence-electron chi connectivity index (χ2n) is 6.63. The molecule has 1 saturated heterocycles. The molecule has 8 nitrogen and oxygen atoms in total. The molecule has 4 heterocycles. The predicted octanol–water partition coefficient (Wildman–Crippen LogP) is 1.52. The van der Waals surface area contributed by atoms with Crippen molar-refractivity contribution in [2.24, 2.45) is 0 Å². The summed E-state index contributed by atoms with van der Waals surface area (Å²) in [6.45, 7) is 5.45. The monoisotopic (exact) mass is 350 g/mol. The van der Waals surface area contributed by atoms with Gasteiger partial charge in [0.2, 0.25) is 5.95 Å². The summed E-state index contributed by atoms with van der Waals surface area (Å²) in [6.07, 6.45) is 5.17. The van der Waals surface area contributed by atoms with E-state index in [1.165, 1.54) is 0 Å². The smallest absolute Gasteiger partial charge is 0.227 e. The lowest BCUT2D eigenvalue weighted by atomic mass is 10.2. The fourth-order valence-electron chi connectivity index (χ4n) is 3.17. The average Bonchev–Trinajstić information content (AvgIpc) is 2.67. The lowest BCUT2D eigenvalue weighted by molar-refractivity contribution is 0.635. The summed E-state index contributed by atoms with van der Waals surface area (Å²) in [5, 5.41) is 1.04. The highest BCUT2D eigenvalue weighted by molar-refractivity contribution is 5.88. The second kappa shape index (κ2) is 6.70. The van der Waals surface area contributed by atoms with E-state index in [1.807, 2.05) is 38.1 Å². The quantitative estimate of drug-likeness (QED) is 0.704. The lowest BCUT2D eigenvalue weighted by Crippen LogP contribution is -2.47. The molecule has 0 radical (unpaired) electrons. The Morgan fingerprint density at radius 3 is 2.54 bits per heavy atom. The number of pyridine rings is 1. The zero-order chi connectivity index (χ0) is 18.1. The number of aryl methyl sites for hydroxylation is 1. The zero-order valence-corrected chi connectivity index (χ0v) is 15.3. The summed E-state index contributed by atoms with van der Waals surface area (Å²) in [7, 11) is 4.00.